The summed E-state index contributed by atoms with van der Waals surface area (Å²) < 4.78 is 11.2. The minimum absolute atomic E-state index is 0.0227. The van der Waals surface area contributed by atoms with Crippen LogP contribution < -0.4 is 31.4 Å². The number of ether oxygens (including phenoxy) is 2. The van der Waals surface area contributed by atoms with E-state index in [1.807, 2.05) is 26.0 Å². The Morgan fingerprint density at radius 3 is 1.55 bits per heavy atom. The number of hydrogen-bond acceptors (Lipinski definition) is 6. The third kappa shape index (κ3) is 4.07. The molecule has 0 aromatic heterocycles. The zero-order chi connectivity index (χ0) is 16.5. The molecule has 0 spiro atoms. The molecule has 1 aromatic rings. The van der Waals surface area contributed by atoms with Gasteiger partial charge in [-0.3, -0.25) is 0 Å². The first-order valence-electron chi connectivity index (χ1n) is 7.08. The zero-order valence-electron chi connectivity index (χ0n) is 12.8. The van der Waals surface area contributed by atoms with Gasteiger partial charge in [-0.1, -0.05) is 13.8 Å². The van der Waals surface area contributed by atoms with Gasteiger partial charge >= 0.3 is 0 Å². The second-order valence-electron chi connectivity index (χ2n) is 4.59. The summed E-state index contributed by atoms with van der Waals surface area (Å²) in [5.74, 6) is 0.830. The first kappa shape index (κ1) is 17.2. The SMILES string of the molecule is CCCOc1cc(=C(N)C#N)c(OCCC)cc1=C(N)C#N. The van der Waals surface area contributed by atoms with E-state index in [4.69, 9.17) is 31.5 Å². The monoisotopic (exact) mass is 300 g/mol. The summed E-state index contributed by atoms with van der Waals surface area (Å²) >= 11 is 0. The molecule has 0 aliphatic rings. The van der Waals surface area contributed by atoms with E-state index in [-0.39, 0.29) is 11.4 Å². The molecule has 0 amide bonds. The van der Waals surface area contributed by atoms with Crippen molar-refractivity contribution >= 4 is 11.4 Å². The van der Waals surface area contributed by atoms with Crippen LogP contribution in [0.2, 0.25) is 0 Å². The van der Waals surface area contributed by atoms with Gasteiger partial charge in [0.1, 0.15) is 35.0 Å². The molecule has 0 aliphatic carbocycles. The van der Waals surface area contributed by atoms with E-state index in [0.29, 0.717) is 35.2 Å². The van der Waals surface area contributed by atoms with Crippen LogP contribution in [0.15, 0.2) is 12.1 Å². The Morgan fingerprint density at radius 2 is 1.27 bits per heavy atom. The number of rotatable bonds is 6. The smallest absolute Gasteiger partial charge is 0.130 e. The fourth-order valence-electron chi connectivity index (χ4n) is 1.76. The normalized spacial score (nSPS) is 12.7. The Kier molecular flexibility index (Phi) is 6.59. The second kappa shape index (κ2) is 8.43. The van der Waals surface area contributed by atoms with Gasteiger partial charge in [-0.25, -0.2) is 0 Å². The summed E-state index contributed by atoms with van der Waals surface area (Å²) in [4.78, 5) is 0. The molecule has 0 fully saturated rings. The lowest BCUT2D eigenvalue weighted by Crippen LogP contribution is -2.24. The van der Waals surface area contributed by atoms with Gasteiger partial charge in [-0.05, 0) is 25.0 Å². The molecule has 116 valence electrons. The van der Waals surface area contributed by atoms with Gasteiger partial charge in [0.05, 0.1) is 23.7 Å². The molecule has 0 saturated heterocycles. The van der Waals surface area contributed by atoms with E-state index >= 15 is 0 Å². The summed E-state index contributed by atoms with van der Waals surface area (Å²) in [5, 5.41) is 19.0. The van der Waals surface area contributed by atoms with Crippen LogP contribution >= 0.6 is 0 Å². The Hall–Kier alpha value is -2.86. The summed E-state index contributed by atoms with van der Waals surface area (Å²) in [5.41, 5.74) is 11.5. The molecule has 6 nitrogen and oxygen atoms in total. The number of hydrogen-bond donors (Lipinski definition) is 2. The van der Waals surface area contributed by atoms with Crippen LogP contribution in [0.25, 0.3) is 11.4 Å². The summed E-state index contributed by atoms with van der Waals surface area (Å²) in [6.07, 6.45) is 1.60. The average molecular weight is 300 g/mol. The van der Waals surface area contributed by atoms with Crippen molar-refractivity contribution in [3.05, 3.63) is 22.6 Å². The predicted molar refractivity (Wildman–Crippen MR) is 83.7 cm³/mol. The molecule has 0 saturated carbocycles. The van der Waals surface area contributed by atoms with E-state index in [0.717, 1.165) is 12.8 Å². The van der Waals surface area contributed by atoms with Crippen LogP contribution in [0.5, 0.6) is 11.5 Å². The molecule has 0 unspecified atom stereocenters. The number of nitrogens with zero attached hydrogens (tertiary/aromatic N) is 2. The molecule has 1 rings (SSSR count). The Labute approximate surface area is 129 Å². The lowest BCUT2D eigenvalue weighted by molar-refractivity contribution is 0.304. The molecule has 22 heavy (non-hydrogen) atoms. The summed E-state index contributed by atoms with van der Waals surface area (Å²) in [6, 6.07) is 6.99. The van der Waals surface area contributed by atoms with Crippen molar-refractivity contribution < 1.29 is 9.47 Å². The van der Waals surface area contributed by atoms with Crippen molar-refractivity contribution in [1.29, 1.82) is 10.5 Å². The number of nitriles is 2. The molecule has 0 aliphatic heterocycles. The van der Waals surface area contributed by atoms with Crippen molar-refractivity contribution in [2.24, 2.45) is 11.5 Å². The van der Waals surface area contributed by atoms with Crippen LogP contribution in [-0.4, -0.2) is 13.2 Å². The Balaban J connectivity index is 3.67. The molecule has 0 radical (unpaired) electrons. The lowest BCUT2D eigenvalue weighted by atomic mass is 10.1. The molecule has 0 bridgehead atoms. The highest BCUT2D eigenvalue weighted by atomic mass is 16.5. The zero-order valence-corrected chi connectivity index (χ0v) is 12.8. The third-order valence-electron chi connectivity index (χ3n) is 2.83. The van der Waals surface area contributed by atoms with Crippen LogP contribution in [0.1, 0.15) is 26.7 Å². The van der Waals surface area contributed by atoms with E-state index in [2.05, 4.69) is 0 Å². The van der Waals surface area contributed by atoms with Crippen LogP contribution in [0.3, 0.4) is 0 Å². The highest BCUT2D eigenvalue weighted by molar-refractivity contribution is 5.63. The van der Waals surface area contributed by atoms with E-state index in [1.54, 1.807) is 12.1 Å². The van der Waals surface area contributed by atoms with Gasteiger partial charge in [-0.15, -0.1) is 0 Å². The van der Waals surface area contributed by atoms with E-state index < -0.39 is 0 Å². The predicted octanol–water partition coefficient (Wildman–Crippen LogP) is 0.445. The molecule has 0 atom stereocenters. The number of nitrogens with two attached hydrogens (primary N) is 2. The van der Waals surface area contributed by atoms with Gasteiger partial charge < -0.3 is 20.9 Å². The van der Waals surface area contributed by atoms with Crippen LogP contribution in [-0.2, 0) is 0 Å². The fourth-order valence-corrected chi connectivity index (χ4v) is 1.76. The van der Waals surface area contributed by atoms with E-state index in [1.165, 1.54) is 0 Å². The maximum atomic E-state index is 9.04. The topological polar surface area (TPSA) is 118 Å². The highest BCUT2D eigenvalue weighted by Crippen LogP contribution is 2.10. The minimum Gasteiger partial charge on any atom is -0.493 e. The maximum Gasteiger partial charge on any atom is 0.130 e. The largest absolute Gasteiger partial charge is 0.493 e. The van der Waals surface area contributed by atoms with Gasteiger partial charge in [0, 0.05) is 0 Å². The highest BCUT2D eigenvalue weighted by Gasteiger charge is 2.09. The maximum absolute atomic E-state index is 9.04. The standard InChI is InChI=1S/C16H20N4O2/c1-3-5-21-15-7-12(14(20)10-18)16(22-6-4-2)8-11(15)13(19)9-17/h7-8H,3-6,19-20H2,1-2H3. The lowest BCUT2D eigenvalue weighted by Gasteiger charge is -2.11. The van der Waals surface area contributed by atoms with Gasteiger partial charge in [0.25, 0.3) is 0 Å². The van der Waals surface area contributed by atoms with Crippen molar-refractivity contribution in [2.75, 3.05) is 13.2 Å². The molecule has 4 N–H and O–H groups in total. The van der Waals surface area contributed by atoms with Gasteiger partial charge in [-0.2, -0.15) is 10.5 Å². The van der Waals surface area contributed by atoms with Gasteiger partial charge in [0.15, 0.2) is 0 Å². The Morgan fingerprint density at radius 1 is 0.909 bits per heavy atom. The van der Waals surface area contributed by atoms with Crippen molar-refractivity contribution in [2.45, 2.75) is 26.7 Å². The number of benzene rings is 1. The molecule has 1 aromatic carbocycles. The first-order chi connectivity index (χ1) is 10.6. The van der Waals surface area contributed by atoms with Crippen molar-refractivity contribution in [3.8, 4) is 23.6 Å². The van der Waals surface area contributed by atoms with Gasteiger partial charge in [0.2, 0.25) is 0 Å². The third-order valence-corrected chi connectivity index (χ3v) is 2.83. The van der Waals surface area contributed by atoms with E-state index in [9.17, 15) is 0 Å². The summed E-state index contributed by atoms with van der Waals surface area (Å²) in [6.45, 7) is 4.86. The average Bonchev–Trinajstić information content (AvgIpc) is 2.56. The quantitative estimate of drug-likeness (QED) is 0.787. The van der Waals surface area contributed by atoms with Crippen molar-refractivity contribution in [3.63, 3.8) is 0 Å². The van der Waals surface area contributed by atoms with Crippen LogP contribution in [0.4, 0.5) is 0 Å². The molecule has 0 heterocycles. The van der Waals surface area contributed by atoms with Crippen molar-refractivity contribution in [1.82, 2.24) is 0 Å². The molecular formula is C16H20N4O2. The minimum atomic E-state index is 0.0227. The Bertz CT molecular complexity index is 662. The fraction of sp³-hybridized carbons (Fsp3) is 0.375. The molecule has 6 heteroatoms. The van der Waals surface area contributed by atoms with Crippen LogP contribution in [0, 0.1) is 22.7 Å². The summed E-state index contributed by atoms with van der Waals surface area (Å²) in [7, 11) is 0. The molecular weight excluding hydrogens is 280 g/mol. The second-order valence-corrected chi connectivity index (χ2v) is 4.59. The first-order valence-corrected chi connectivity index (χ1v) is 7.08.